The molecule has 1 aliphatic rings. The highest BCUT2D eigenvalue weighted by molar-refractivity contribution is 6.31. The predicted octanol–water partition coefficient (Wildman–Crippen LogP) is 6.26. The third kappa shape index (κ3) is 3.41. The molecule has 8 heteroatoms. The number of rotatable bonds is 4. The molecule has 34 heavy (non-hydrogen) atoms. The third-order valence-electron chi connectivity index (χ3n) is 6.31. The molecule has 0 radical (unpaired) electrons. The number of H-pyrrole nitrogens is 1. The maximum Gasteiger partial charge on any atom is 0.165 e. The number of nitroso groups, excluding NO2 is 1. The lowest BCUT2D eigenvalue weighted by Gasteiger charge is -2.06. The maximum atomic E-state index is 12.0. The van der Waals surface area contributed by atoms with Gasteiger partial charge in [0, 0.05) is 30.7 Å². The molecule has 0 saturated carbocycles. The maximum absolute atomic E-state index is 12.0. The highest BCUT2D eigenvalue weighted by Gasteiger charge is 2.23. The monoisotopic (exact) mass is 468 g/mol. The molecule has 3 heterocycles. The number of hydrogen-bond donors (Lipinski definition) is 2. The average molecular weight is 469 g/mol. The van der Waals surface area contributed by atoms with Crippen molar-refractivity contribution in [1.29, 1.82) is 0 Å². The van der Waals surface area contributed by atoms with Crippen molar-refractivity contribution in [2.24, 2.45) is 12.2 Å². The highest BCUT2D eigenvalue weighted by Crippen LogP contribution is 2.39. The Morgan fingerprint density at radius 3 is 2.44 bits per heavy atom. The second kappa shape index (κ2) is 7.90. The SMILES string of the molecule is Cc1cc(Cl)cc(-c2ccc(-c3nn(C)c(-c4nc5cc6c(cc5[nH]4)CNC6)c3N=O)cc2)c1. The number of nitrogens with zero attached hydrogens (tertiary/aromatic N) is 4. The van der Waals surface area contributed by atoms with E-state index in [0.29, 0.717) is 22.2 Å². The van der Waals surface area contributed by atoms with Gasteiger partial charge < -0.3 is 10.3 Å². The molecule has 2 aromatic heterocycles. The fourth-order valence-electron chi connectivity index (χ4n) is 4.70. The van der Waals surface area contributed by atoms with Crippen LogP contribution in [-0.2, 0) is 20.1 Å². The van der Waals surface area contributed by atoms with Crippen molar-refractivity contribution >= 4 is 28.3 Å². The molecule has 0 spiro atoms. The molecule has 0 unspecified atom stereocenters. The Bertz CT molecular complexity index is 1520. The lowest BCUT2D eigenvalue weighted by atomic mass is 10.0. The van der Waals surface area contributed by atoms with E-state index in [1.807, 2.05) is 43.3 Å². The zero-order valence-corrected chi connectivity index (χ0v) is 19.4. The van der Waals surface area contributed by atoms with Gasteiger partial charge in [-0.2, -0.15) is 5.10 Å². The highest BCUT2D eigenvalue weighted by atomic mass is 35.5. The topological polar surface area (TPSA) is 88.0 Å². The van der Waals surface area contributed by atoms with Gasteiger partial charge in [-0.25, -0.2) is 4.98 Å². The third-order valence-corrected chi connectivity index (χ3v) is 6.52. The van der Waals surface area contributed by atoms with Gasteiger partial charge in [0.25, 0.3) is 0 Å². The zero-order chi connectivity index (χ0) is 23.4. The summed E-state index contributed by atoms with van der Waals surface area (Å²) >= 11 is 6.23. The largest absolute Gasteiger partial charge is 0.337 e. The van der Waals surface area contributed by atoms with Crippen LogP contribution in [0.4, 0.5) is 5.69 Å². The molecule has 0 atom stereocenters. The van der Waals surface area contributed by atoms with Gasteiger partial charge in [-0.1, -0.05) is 41.9 Å². The molecule has 0 bridgehead atoms. The van der Waals surface area contributed by atoms with Crippen LogP contribution in [0.25, 0.3) is 44.9 Å². The predicted molar refractivity (Wildman–Crippen MR) is 135 cm³/mol. The second-order valence-corrected chi connectivity index (χ2v) is 9.12. The Morgan fingerprint density at radius 1 is 0.971 bits per heavy atom. The Labute approximate surface area is 200 Å². The van der Waals surface area contributed by atoms with Crippen molar-refractivity contribution in [3.8, 4) is 33.9 Å². The lowest BCUT2D eigenvalue weighted by Crippen LogP contribution is -1.99. The zero-order valence-electron chi connectivity index (χ0n) is 18.7. The molecule has 0 fully saturated rings. The van der Waals surface area contributed by atoms with Crippen LogP contribution in [-0.4, -0.2) is 19.7 Å². The van der Waals surface area contributed by atoms with Crippen LogP contribution in [0.1, 0.15) is 16.7 Å². The van der Waals surface area contributed by atoms with E-state index in [-0.39, 0.29) is 5.69 Å². The summed E-state index contributed by atoms with van der Waals surface area (Å²) in [7, 11) is 1.80. The molecule has 5 aromatic rings. The van der Waals surface area contributed by atoms with Crippen molar-refractivity contribution in [3.05, 3.63) is 81.2 Å². The van der Waals surface area contributed by atoms with Crippen LogP contribution in [0.2, 0.25) is 5.02 Å². The van der Waals surface area contributed by atoms with Crippen molar-refractivity contribution in [2.75, 3.05) is 0 Å². The van der Waals surface area contributed by atoms with E-state index in [2.05, 4.69) is 38.8 Å². The Hall–Kier alpha value is -3.81. The van der Waals surface area contributed by atoms with E-state index >= 15 is 0 Å². The minimum absolute atomic E-state index is 0.266. The van der Waals surface area contributed by atoms with Crippen LogP contribution in [0.15, 0.2) is 59.8 Å². The summed E-state index contributed by atoms with van der Waals surface area (Å²) in [5.74, 6) is 0.577. The molecule has 7 nitrogen and oxygen atoms in total. The van der Waals surface area contributed by atoms with Crippen molar-refractivity contribution in [3.63, 3.8) is 0 Å². The molecule has 168 valence electrons. The number of aryl methyl sites for hydroxylation is 2. The van der Waals surface area contributed by atoms with Gasteiger partial charge >= 0.3 is 0 Å². The average Bonchev–Trinajstić information content (AvgIpc) is 3.52. The fourth-order valence-corrected chi connectivity index (χ4v) is 4.99. The first-order valence-corrected chi connectivity index (χ1v) is 11.4. The van der Waals surface area contributed by atoms with Crippen LogP contribution in [0.3, 0.4) is 0 Å². The van der Waals surface area contributed by atoms with Crippen molar-refractivity contribution in [2.45, 2.75) is 20.0 Å². The van der Waals surface area contributed by atoms with E-state index in [0.717, 1.165) is 46.4 Å². The van der Waals surface area contributed by atoms with E-state index in [9.17, 15) is 4.91 Å². The summed E-state index contributed by atoms with van der Waals surface area (Å²) in [5.41, 5.74) is 9.63. The molecule has 0 saturated heterocycles. The summed E-state index contributed by atoms with van der Waals surface area (Å²) in [6.07, 6.45) is 0. The molecular formula is C26H21ClN6O. The molecule has 3 aromatic carbocycles. The molecule has 0 aliphatic carbocycles. The number of benzene rings is 3. The summed E-state index contributed by atoms with van der Waals surface area (Å²) in [5, 5.41) is 12.0. The minimum Gasteiger partial charge on any atom is -0.337 e. The van der Waals surface area contributed by atoms with Crippen LogP contribution >= 0.6 is 11.6 Å². The molecule has 2 N–H and O–H groups in total. The smallest absolute Gasteiger partial charge is 0.165 e. The minimum atomic E-state index is 0.266. The van der Waals surface area contributed by atoms with Gasteiger partial charge in [-0.05, 0) is 64.2 Å². The van der Waals surface area contributed by atoms with E-state index in [4.69, 9.17) is 16.6 Å². The van der Waals surface area contributed by atoms with Gasteiger partial charge in [0.05, 0.1) is 11.0 Å². The summed E-state index contributed by atoms with van der Waals surface area (Å²) < 4.78 is 1.66. The fraction of sp³-hybridized carbons (Fsp3) is 0.154. The van der Waals surface area contributed by atoms with Crippen LogP contribution in [0.5, 0.6) is 0 Å². The van der Waals surface area contributed by atoms with E-state index in [1.54, 1.807) is 11.7 Å². The number of aromatic amines is 1. The van der Waals surface area contributed by atoms with E-state index in [1.165, 1.54) is 11.1 Å². The Morgan fingerprint density at radius 2 is 1.71 bits per heavy atom. The van der Waals surface area contributed by atoms with Gasteiger partial charge in [0.2, 0.25) is 0 Å². The Balaban J connectivity index is 1.41. The second-order valence-electron chi connectivity index (χ2n) is 8.68. The normalized spacial score (nSPS) is 12.9. The summed E-state index contributed by atoms with van der Waals surface area (Å²) in [6.45, 7) is 3.71. The number of hydrogen-bond acceptors (Lipinski definition) is 5. The number of aromatic nitrogens is 4. The number of halogens is 1. The van der Waals surface area contributed by atoms with E-state index < -0.39 is 0 Å². The Kier molecular flexibility index (Phi) is 4.83. The van der Waals surface area contributed by atoms with Gasteiger partial charge in [-0.3, -0.25) is 4.68 Å². The number of imidazole rings is 1. The molecule has 0 amide bonds. The summed E-state index contributed by atoms with van der Waals surface area (Å²) in [6, 6.07) is 18.1. The first-order chi connectivity index (χ1) is 16.5. The lowest BCUT2D eigenvalue weighted by molar-refractivity contribution is 0.765. The number of fused-ring (bicyclic) bond motifs is 2. The first kappa shape index (κ1) is 20.8. The standard InChI is InChI=1S/C26H21ClN6O/c1-14-7-17(9-20(27)8-14)15-3-5-16(6-4-15)23-24(32-34)25(33(2)31-23)26-29-21-10-18-12-28-13-19(18)11-22(21)30-26/h3-11,28H,12-13H2,1-2H3,(H,29,30). The first-order valence-electron chi connectivity index (χ1n) is 11.0. The van der Waals surface area contributed by atoms with Crippen molar-refractivity contribution < 1.29 is 0 Å². The van der Waals surface area contributed by atoms with Crippen molar-refractivity contribution in [1.82, 2.24) is 25.1 Å². The summed E-state index contributed by atoms with van der Waals surface area (Å²) in [4.78, 5) is 20.1. The quantitative estimate of drug-likeness (QED) is 0.305. The molecular weight excluding hydrogens is 448 g/mol. The molecule has 6 rings (SSSR count). The van der Waals surface area contributed by atoms with Gasteiger partial charge in [0.15, 0.2) is 11.5 Å². The molecule has 1 aliphatic heterocycles. The van der Waals surface area contributed by atoms with Crippen LogP contribution < -0.4 is 5.32 Å². The van der Waals surface area contributed by atoms with Gasteiger partial charge in [-0.15, -0.1) is 4.91 Å². The number of nitrogens with one attached hydrogen (secondary N) is 2. The van der Waals surface area contributed by atoms with Crippen LogP contribution in [0, 0.1) is 11.8 Å². The van der Waals surface area contributed by atoms with Gasteiger partial charge in [0.1, 0.15) is 11.4 Å².